The highest BCUT2D eigenvalue weighted by molar-refractivity contribution is 6.31. The Morgan fingerprint density at radius 1 is 1.15 bits per heavy atom. The Labute approximate surface area is 222 Å². The molecule has 12 nitrogen and oxygen atoms in total. The molecule has 0 radical (unpaired) electrons. The molecule has 0 amide bonds. The Morgan fingerprint density at radius 3 is 2.49 bits per heavy atom. The number of carbonyl (C=O) groups excluding carboxylic acids is 3. The number of carbonyl (C=O) groups is 3. The molecule has 0 saturated carbocycles. The van der Waals surface area contributed by atoms with Gasteiger partial charge in [-0.25, -0.2) is 0 Å². The second kappa shape index (κ2) is 9.66. The molecule has 1 fully saturated rings. The van der Waals surface area contributed by atoms with Crippen LogP contribution in [0.1, 0.15) is 68.8 Å². The van der Waals surface area contributed by atoms with Gasteiger partial charge in [-0.2, -0.15) is 0 Å². The highest BCUT2D eigenvalue weighted by Crippen LogP contribution is 2.52. The highest BCUT2D eigenvalue weighted by atomic mass is 16.7. The van der Waals surface area contributed by atoms with E-state index in [1.807, 2.05) is 0 Å². The molecule has 2 aliphatic carbocycles. The van der Waals surface area contributed by atoms with Crippen molar-refractivity contribution in [2.75, 3.05) is 13.7 Å². The molecule has 208 valence electrons. The van der Waals surface area contributed by atoms with E-state index in [2.05, 4.69) is 0 Å². The summed E-state index contributed by atoms with van der Waals surface area (Å²) in [4.78, 5) is 39.7. The zero-order chi connectivity index (χ0) is 28.4. The lowest BCUT2D eigenvalue weighted by molar-refractivity contribution is -0.247. The Bertz CT molecular complexity index is 1380. The summed E-state index contributed by atoms with van der Waals surface area (Å²) in [6.45, 7) is 0.560. The first-order valence-corrected chi connectivity index (χ1v) is 12.4. The number of hydrogen-bond donors (Lipinski definition) is 6. The first-order chi connectivity index (χ1) is 18.4. The van der Waals surface area contributed by atoms with Crippen molar-refractivity contribution in [3.05, 3.63) is 51.6 Å². The van der Waals surface area contributed by atoms with Gasteiger partial charge in [0.25, 0.3) is 0 Å². The van der Waals surface area contributed by atoms with Crippen LogP contribution in [0.25, 0.3) is 0 Å². The van der Waals surface area contributed by atoms with Gasteiger partial charge in [0.2, 0.25) is 5.78 Å². The third-order valence-corrected chi connectivity index (χ3v) is 7.81. The maximum Gasteiger partial charge on any atom is 0.202 e. The molecule has 4 unspecified atom stereocenters. The average molecular weight is 544 g/mol. The molecule has 5 rings (SSSR count). The number of aromatic hydroxyl groups is 2. The fraction of sp³-hybridized carbons (Fsp3) is 0.444. The van der Waals surface area contributed by atoms with Gasteiger partial charge in [-0.1, -0.05) is 12.1 Å². The molecule has 2 aromatic rings. The van der Waals surface area contributed by atoms with Gasteiger partial charge in [0.15, 0.2) is 17.9 Å². The number of aliphatic hydroxyl groups is 3. The Kier molecular flexibility index (Phi) is 6.74. The lowest BCUT2D eigenvalue weighted by Crippen LogP contribution is -2.53. The summed E-state index contributed by atoms with van der Waals surface area (Å²) in [5.74, 6) is -3.77. The largest absolute Gasteiger partial charge is 0.507 e. The number of phenols is 2. The summed E-state index contributed by atoms with van der Waals surface area (Å²) in [6.07, 6.45) is -5.12. The molecular formula is C27H29NO11. The van der Waals surface area contributed by atoms with Crippen LogP contribution in [0, 0.1) is 0 Å². The number of fused-ring (bicyclic) bond motifs is 3. The van der Waals surface area contributed by atoms with Gasteiger partial charge in [0.05, 0.1) is 42.1 Å². The molecule has 0 aromatic heterocycles. The number of ether oxygens (including phenoxy) is 3. The maximum absolute atomic E-state index is 13.6. The second-order valence-corrected chi connectivity index (χ2v) is 10.2. The number of phenolic OH excluding ortho intramolecular Hbond substituents is 2. The van der Waals surface area contributed by atoms with Gasteiger partial charge in [-0.05, 0) is 13.0 Å². The van der Waals surface area contributed by atoms with E-state index in [1.54, 1.807) is 6.92 Å². The molecule has 2 aromatic carbocycles. The molecule has 0 spiro atoms. The summed E-state index contributed by atoms with van der Waals surface area (Å²) in [5.41, 5.74) is 2.37. The van der Waals surface area contributed by atoms with Crippen LogP contribution in [-0.4, -0.2) is 86.7 Å². The molecule has 3 aliphatic rings. The van der Waals surface area contributed by atoms with E-state index < -0.39 is 95.7 Å². The minimum atomic E-state index is -2.24. The third kappa shape index (κ3) is 4.11. The second-order valence-electron chi connectivity index (χ2n) is 10.2. The third-order valence-electron chi connectivity index (χ3n) is 7.81. The number of nitrogens with two attached hydrogens (primary N) is 1. The number of Topliss-reactive ketones (excluding diaryl/α,β-unsaturated/α-hetero) is 1. The van der Waals surface area contributed by atoms with Crippen molar-refractivity contribution in [1.29, 1.82) is 0 Å². The van der Waals surface area contributed by atoms with Crippen molar-refractivity contribution < 1.29 is 54.1 Å². The Balaban J connectivity index is 1.69. The Hall–Kier alpha value is -3.39. The fourth-order valence-electron chi connectivity index (χ4n) is 5.75. The van der Waals surface area contributed by atoms with Crippen molar-refractivity contribution in [2.24, 2.45) is 5.73 Å². The molecule has 39 heavy (non-hydrogen) atoms. The van der Waals surface area contributed by atoms with Gasteiger partial charge >= 0.3 is 0 Å². The molecule has 0 bridgehead atoms. The van der Waals surface area contributed by atoms with Gasteiger partial charge in [-0.15, -0.1) is 0 Å². The maximum atomic E-state index is 13.6. The molecular weight excluding hydrogens is 514 g/mol. The summed E-state index contributed by atoms with van der Waals surface area (Å²) in [7, 11) is 1.32. The van der Waals surface area contributed by atoms with Crippen LogP contribution in [0.2, 0.25) is 0 Å². The SMILES string of the molecule is COc1cccc2c1C(=O)c1c(O)c3c(c(O)c1C2=O)C[C@](O)(C(=O)CO)C[C@H]3OC1CC(N)C(O)C(C)O1. The Morgan fingerprint density at radius 2 is 1.85 bits per heavy atom. The summed E-state index contributed by atoms with van der Waals surface area (Å²) in [6, 6.07) is 3.64. The number of rotatable bonds is 5. The topological polar surface area (TPSA) is 206 Å². The monoisotopic (exact) mass is 543 g/mol. The predicted octanol–water partition coefficient (Wildman–Crippen LogP) is 0.00130. The lowest BCUT2D eigenvalue weighted by Gasteiger charge is -2.42. The predicted molar refractivity (Wildman–Crippen MR) is 132 cm³/mol. The summed E-state index contributed by atoms with van der Waals surface area (Å²) in [5, 5.41) is 53.7. The molecule has 6 atom stereocenters. The molecule has 1 aliphatic heterocycles. The van der Waals surface area contributed by atoms with Crippen LogP contribution in [0.15, 0.2) is 18.2 Å². The van der Waals surface area contributed by atoms with Crippen molar-refractivity contribution in [3.8, 4) is 17.2 Å². The normalized spacial score (nSPS) is 29.8. The lowest BCUT2D eigenvalue weighted by atomic mass is 9.72. The molecule has 7 N–H and O–H groups in total. The summed E-state index contributed by atoms with van der Waals surface area (Å²) >= 11 is 0. The molecule has 1 heterocycles. The van der Waals surface area contributed by atoms with Crippen LogP contribution in [0.4, 0.5) is 0 Å². The van der Waals surface area contributed by atoms with E-state index in [4.69, 9.17) is 19.9 Å². The van der Waals surface area contributed by atoms with E-state index in [1.165, 1.54) is 25.3 Å². The van der Waals surface area contributed by atoms with Crippen molar-refractivity contribution in [1.82, 2.24) is 0 Å². The number of methoxy groups -OCH3 is 1. The van der Waals surface area contributed by atoms with Crippen molar-refractivity contribution >= 4 is 17.3 Å². The van der Waals surface area contributed by atoms with Gasteiger partial charge < -0.3 is 45.5 Å². The number of hydrogen-bond acceptors (Lipinski definition) is 12. The summed E-state index contributed by atoms with van der Waals surface area (Å²) < 4.78 is 17.0. The van der Waals surface area contributed by atoms with E-state index in [9.17, 15) is 39.9 Å². The van der Waals surface area contributed by atoms with Gasteiger partial charge in [0.1, 0.15) is 29.5 Å². The minimum Gasteiger partial charge on any atom is -0.507 e. The van der Waals surface area contributed by atoms with Crippen LogP contribution in [0.5, 0.6) is 17.2 Å². The first-order valence-electron chi connectivity index (χ1n) is 12.4. The van der Waals surface area contributed by atoms with Crippen LogP contribution in [0.3, 0.4) is 0 Å². The minimum absolute atomic E-state index is 0.0173. The smallest absolute Gasteiger partial charge is 0.202 e. The molecule has 1 saturated heterocycles. The zero-order valence-electron chi connectivity index (χ0n) is 21.2. The average Bonchev–Trinajstić information content (AvgIpc) is 2.90. The number of ketones is 3. The van der Waals surface area contributed by atoms with Gasteiger partial charge in [0, 0.05) is 42.0 Å². The van der Waals surface area contributed by atoms with E-state index in [0.717, 1.165) is 0 Å². The zero-order valence-corrected chi connectivity index (χ0v) is 21.2. The fourth-order valence-corrected chi connectivity index (χ4v) is 5.75. The number of aliphatic hydroxyl groups excluding tert-OH is 2. The standard InChI is InChI=1S/C27H29NO11/c1-10-22(31)13(28)6-17(38-10)39-15-8-27(36,16(30)9-29)7-12-19(15)26(35)21-20(24(12)33)23(32)11-4-3-5-14(37-2)18(11)25(21)34/h3-5,10,13,15,17,22,29,31,33,35-36H,6-9,28H2,1-2H3/t10?,13?,15-,17?,22?,27-/m1/s1. The van der Waals surface area contributed by atoms with E-state index in [0.29, 0.717) is 0 Å². The molecule has 12 heteroatoms. The van der Waals surface area contributed by atoms with E-state index >= 15 is 0 Å². The van der Waals surface area contributed by atoms with E-state index in [-0.39, 0.29) is 34.4 Å². The van der Waals surface area contributed by atoms with Crippen LogP contribution < -0.4 is 10.5 Å². The van der Waals surface area contributed by atoms with Crippen molar-refractivity contribution in [2.45, 2.75) is 62.4 Å². The first kappa shape index (κ1) is 27.2. The van der Waals surface area contributed by atoms with Crippen LogP contribution in [-0.2, 0) is 20.7 Å². The van der Waals surface area contributed by atoms with Crippen LogP contribution >= 0.6 is 0 Å². The number of benzene rings is 2. The van der Waals surface area contributed by atoms with Gasteiger partial charge in [-0.3, -0.25) is 14.4 Å². The van der Waals surface area contributed by atoms with Crippen molar-refractivity contribution in [3.63, 3.8) is 0 Å². The quantitative estimate of drug-likeness (QED) is 0.235. The highest BCUT2D eigenvalue weighted by Gasteiger charge is 2.50.